The fourth-order valence-electron chi connectivity index (χ4n) is 2.20. The van der Waals surface area contributed by atoms with Crippen molar-refractivity contribution >= 4 is 17.4 Å². The molecular weight excluding hydrogens is 292 g/mol. The number of aromatic nitrogens is 2. The van der Waals surface area contributed by atoms with Gasteiger partial charge in [-0.25, -0.2) is 4.98 Å². The van der Waals surface area contributed by atoms with E-state index in [1.54, 1.807) is 6.07 Å². The number of thioether (sulfide) groups is 1. The molecule has 1 aromatic carbocycles. The van der Waals surface area contributed by atoms with Crippen molar-refractivity contribution in [2.75, 3.05) is 5.75 Å². The lowest BCUT2D eigenvalue weighted by Crippen LogP contribution is -2.24. The molecule has 0 bridgehead atoms. The molecule has 0 spiro atoms. The molecule has 0 saturated carbocycles. The number of hydrogen-bond donors (Lipinski definition) is 0. The predicted molar refractivity (Wildman–Crippen MR) is 76.0 cm³/mol. The van der Waals surface area contributed by atoms with E-state index >= 15 is 0 Å². The molecule has 1 aliphatic heterocycles. The fourth-order valence-corrected chi connectivity index (χ4v) is 3.14. The van der Waals surface area contributed by atoms with Crippen LogP contribution in [0.5, 0.6) is 0 Å². The monoisotopic (exact) mass is 300 g/mol. The molecule has 0 amide bonds. The second kappa shape index (κ2) is 5.03. The summed E-state index contributed by atoms with van der Waals surface area (Å²) in [6, 6.07) is 7.80. The van der Waals surface area contributed by atoms with Crippen LogP contribution in [0.1, 0.15) is 5.56 Å². The molecule has 2 aromatic rings. The van der Waals surface area contributed by atoms with Crippen LogP contribution in [0.4, 0.5) is 5.69 Å². The lowest BCUT2D eigenvalue weighted by atomic mass is 10.1. The number of hydrogen-bond acceptors (Lipinski definition) is 6. The van der Waals surface area contributed by atoms with E-state index in [-0.39, 0.29) is 22.5 Å². The van der Waals surface area contributed by atoms with Crippen molar-refractivity contribution < 1.29 is 4.92 Å². The highest BCUT2D eigenvalue weighted by atomic mass is 32.2. The van der Waals surface area contributed by atoms with E-state index < -0.39 is 10.5 Å². The largest absolute Gasteiger partial charge is 0.286 e. The SMILES string of the molecule is N#Cc1c(-c2ccccc2[N+](=O)[O-])nc2n(c1=O)CCS2. The van der Waals surface area contributed by atoms with Crippen LogP contribution >= 0.6 is 11.8 Å². The van der Waals surface area contributed by atoms with Crippen molar-refractivity contribution in [1.29, 1.82) is 5.26 Å². The molecule has 21 heavy (non-hydrogen) atoms. The van der Waals surface area contributed by atoms with Gasteiger partial charge in [0.15, 0.2) is 5.16 Å². The van der Waals surface area contributed by atoms with Gasteiger partial charge in [0.25, 0.3) is 11.2 Å². The molecule has 0 fully saturated rings. The average molecular weight is 300 g/mol. The molecular formula is C13H8N4O3S. The molecule has 0 aliphatic carbocycles. The van der Waals surface area contributed by atoms with Crippen molar-refractivity contribution in [2.45, 2.75) is 11.7 Å². The Morgan fingerprint density at radius 3 is 2.90 bits per heavy atom. The molecule has 0 unspecified atom stereocenters. The third-order valence-electron chi connectivity index (χ3n) is 3.15. The predicted octanol–water partition coefficient (Wildman–Crippen LogP) is 1.80. The molecule has 0 N–H and O–H groups in total. The van der Waals surface area contributed by atoms with Crippen molar-refractivity contribution in [3.8, 4) is 17.3 Å². The van der Waals surface area contributed by atoms with Crippen LogP contribution in [0.15, 0.2) is 34.2 Å². The van der Waals surface area contributed by atoms with E-state index in [1.807, 2.05) is 6.07 Å². The van der Waals surface area contributed by atoms with Gasteiger partial charge in [0.05, 0.1) is 10.5 Å². The summed E-state index contributed by atoms with van der Waals surface area (Å²) in [7, 11) is 0. The number of nitro benzene ring substituents is 1. The Morgan fingerprint density at radius 2 is 2.19 bits per heavy atom. The smallest absolute Gasteiger partial charge is 0.278 e. The van der Waals surface area contributed by atoms with Crippen LogP contribution in [0.25, 0.3) is 11.3 Å². The highest BCUT2D eigenvalue weighted by Gasteiger charge is 2.25. The number of nitro groups is 1. The van der Waals surface area contributed by atoms with Crippen molar-refractivity contribution in [3.63, 3.8) is 0 Å². The van der Waals surface area contributed by atoms with Gasteiger partial charge in [-0.05, 0) is 6.07 Å². The molecule has 3 rings (SSSR count). The Labute approximate surface area is 123 Å². The third-order valence-corrected chi connectivity index (χ3v) is 4.10. The van der Waals surface area contributed by atoms with Gasteiger partial charge >= 0.3 is 0 Å². The number of para-hydroxylation sites is 1. The zero-order valence-corrected chi connectivity index (χ0v) is 11.5. The van der Waals surface area contributed by atoms with Gasteiger partial charge in [0.1, 0.15) is 17.3 Å². The van der Waals surface area contributed by atoms with Crippen LogP contribution in [0, 0.1) is 21.4 Å². The van der Waals surface area contributed by atoms with Gasteiger partial charge in [0.2, 0.25) is 0 Å². The van der Waals surface area contributed by atoms with Gasteiger partial charge in [-0.3, -0.25) is 19.5 Å². The summed E-state index contributed by atoms with van der Waals surface area (Å²) in [5.74, 6) is 0.702. The second-order valence-corrected chi connectivity index (χ2v) is 5.37. The van der Waals surface area contributed by atoms with Crippen LogP contribution < -0.4 is 5.56 Å². The number of fused-ring (bicyclic) bond motifs is 1. The molecule has 0 radical (unpaired) electrons. The molecule has 0 atom stereocenters. The van der Waals surface area contributed by atoms with E-state index in [0.29, 0.717) is 17.5 Å². The minimum absolute atomic E-state index is 0.0791. The van der Waals surface area contributed by atoms with Gasteiger partial charge in [-0.1, -0.05) is 23.9 Å². The van der Waals surface area contributed by atoms with E-state index in [4.69, 9.17) is 0 Å². The maximum atomic E-state index is 12.3. The normalized spacial score (nSPS) is 12.7. The number of nitriles is 1. The molecule has 7 nitrogen and oxygen atoms in total. The zero-order chi connectivity index (χ0) is 15.0. The van der Waals surface area contributed by atoms with Gasteiger partial charge in [-0.2, -0.15) is 5.26 Å². The quantitative estimate of drug-likeness (QED) is 0.476. The second-order valence-electron chi connectivity index (χ2n) is 4.31. The van der Waals surface area contributed by atoms with E-state index in [1.165, 1.54) is 34.5 Å². The Bertz CT molecular complexity index is 853. The molecule has 8 heteroatoms. The summed E-state index contributed by atoms with van der Waals surface area (Å²) in [5, 5.41) is 20.9. The zero-order valence-electron chi connectivity index (χ0n) is 10.6. The molecule has 2 heterocycles. The minimum atomic E-state index is -0.545. The Morgan fingerprint density at radius 1 is 1.43 bits per heavy atom. The Hall–Kier alpha value is -2.66. The maximum Gasteiger partial charge on any atom is 0.278 e. The summed E-state index contributed by atoms with van der Waals surface area (Å²) < 4.78 is 1.43. The summed E-state index contributed by atoms with van der Waals surface area (Å²) >= 11 is 1.40. The summed E-state index contributed by atoms with van der Waals surface area (Å²) in [4.78, 5) is 27.2. The topological polar surface area (TPSA) is 102 Å². The average Bonchev–Trinajstić information content (AvgIpc) is 2.96. The first kappa shape index (κ1) is 13.3. The van der Waals surface area contributed by atoms with E-state index in [9.17, 15) is 20.2 Å². The lowest BCUT2D eigenvalue weighted by Gasteiger charge is -2.07. The standard InChI is InChI=1S/C13H8N4O3S/c14-7-9-11(8-3-1-2-4-10(8)17(19)20)15-13-16(12(9)18)5-6-21-13/h1-4H,5-6H2. The molecule has 0 saturated heterocycles. The third kappa shape index (κ3) is 2.08. The van der Waals surface area contributed by atoms with Gasteiger partial charge < -0.3 is 0 Å². The fraction of sp³-hybridized carbons (Fsp3) is 0.154. The molecule has 1 aromatic heterocycles. The first-order valence-electron chi connectivity index (χ1n) is 6.05. The summed E-state index contributed by atoms with van der Waals surface area (Å²) in [5.41, 5.74) is -0.507. The van der Waals surface area contributed by atoms with E-state index in [2.05, 4.69) is 4.98 Å². The van der Waals surface area contributed by atoms with Crippen molar-refractivity contribution in [2.24, 2.45) is 0 Å². The van der Waals surface area contributed by atoms with Crippen LogP contribution in [-0.2, 0) is 6.54 Å². The van der Waals surface area contributed by atoms with Gasteiger partial charge in [-0.15, -0.1) is 0 Å². The highest BCUT2D eigenvalue weighted by Crippen LogP contribution is 2.32. The maximum absolute atomic E-state index is 12.3. The Kier molecular flexibility index (Phi) is 3.19. The first-order valence-corrected chi connectivity index (χ1v) is 7.03. The highest BCUT2D eigenvalue weighted by molar-refractivity contribution is 7.99. The number of rotatable bonds is 2. The van der Waals surface area contributed by atoms with Crippen molar-refractivity contribution in [3.05, 3.63) is 50.3 Å². The number of nitrogens with zero attached hydrogens (tertiary/aromatic N) is 4. The molecule has 1 aliphatic rings. The first-order chi connectivity index (χ1) is 10.1. The minimum Gasteiger partial charge on any atom is -0.286 e. The summed E-state index contributed by atoms with van der Waals surface area (Å²) in [6.07, 6.45) is 0. The van der Waals surface area contributed by atoms with Crippen LogP contribution in [0.2, 0.25) is 0 Å². The summed E-state index contributed by atoms with van der Waals surface area (Å²) in [6.45, 7) is 0.498. The Balaban J connectivity index is 2.35. The van der Waals surface area contributed by atoms with Crippen LogP contribution in [0.3, 0.4) is 0 Å². The van der Waals surface area contributed by atoms with E-state index in [0.717, 1.165) is 0 Å². The van der Waals surface area contributed by atoms with Gasteiger partial charge in [0, 0.05) is 18.4 Å². The van der Waals surface area contributed by atoms with Crippen molar-refractivity contribution in [1.82, 2.24) is 9.55 Å². The number of benzene rings is 1. The van der Waals surface area contributed by atoms with Crippen LogP contribution in [-0.4, -0.2) is 20.2 Å². The molecule has 104 valence electrons. The lowest BCUT2D eigenvalue weighted by molar-refractivity contribution is -0.384.